The second-order valence-electron chi connectivity index (χ2n) is 6.10. The molecule has 0 aliphatic heterocycles. The highest BCUT2D eigenvalue weighted by Gasteiger charge is 2.34. The van der Waals surface area contributed by atoms with Gasteiger partial charge in [0.1, 0.15) is 0 Å². The number of halogens is 1. The first-order valence-corrected chi connectivity index (χ1v) is 8.04. The Bertz CT molecular complexity index is 707. The number of nitrogens with zero attached hydrogens (tertiary/aromatic N) is 2. The van der Waals surface area contributed by atoms with Crippen LogP contribution in [0.5, 0.6) is 0 Å². The molecule has 1 aliphatic rings. The van der Waals surface area contributed by atoms with Crippen LogP contribution in [0.25, 0.3) is 11.3 Å². The van der Waals surface area contributed by atoms with Crippen LogP contribution in [0.4, 0.5) is 0 Å². The number of amides is 1. The summed E-state index contributed by atoms with van der Waals surface area (Å²) in [5, 5.41) is 11.0. The molecule has 1 N–H and O–H groups in total. The Balaban J connectivity index is 1.84. The van der Waals surface area contributed by atoms with Crippen molar-refractivity contribution in [1.82, 2.24) is 9.88 Å². The number of carbonyl (C=O) groups is 1. The van der Waals surface area contributed by atoms with Gasteiger partial charge >= 0.3 is 0 Å². The van der Waals surface area contributed by atoms with E-state index in [1.807, 2.05) is 12.1 Å². The van der Waals surface area contributed by atoms with Crippen LogP contribution in [-0.2, 0) is 0 Å². The minimum atomic E-state index is -0.793. The zero-order valence-corrected chi connectivity index (χ0v) is 13.7. The monoisotopic (exact) mass is 334 g/mol. The summed E-state index contributed by atoms with van der Waals surface area (Å²) in [7, 11) is 1.67. The lowest BCUT2D eigenvalue weighted by molar-refractivity contribution is 0.0155. The van der Waals surface area contributed by atoms with Gasteiger partial charge in [0.15, 0.2) is 17.8 Å². The quantitative estimate of drug-likeness (QED) is 0.930. The third-order valence-corrected chi connectivity index (χ3v) is 4.63. The molecule has 0 radical (unpaired) electrons. The third kappa shape index (κ3) is 3.26. The molecule has 23 heavy (non-hydrogen) atoms. The van der Waals surface area contributed by atoms with Gasteiger partial charge in [-0.05, 0) is 25.0 Å². The molecule has 0 bridgehead atoms. The smallest absolute Gasteiger partial charge is 0.276 e. The molecule has 1 saturated carbocycles. The Morgan fingerprint density at radius 3 is 2.78 bits per heavy atom. The summed E-state index contributed by atoms with van der Waals surface area (Å²) in [6.45, 7) is 0.292. The molecule has 2 aromatic rings. The van der Waals surface area contributed by atoms with E-state index in [0.717, 1.165) is 25.7 Å². The molecule has 0 unspecified atom stereocenters. The van der Waals surface area contributed by atoms with Crippen molar-refractivity contribution in [2.24, 2.45) is 0 Å². The zero-order valence-electron chi connectivity index (χ0n) is 13.0. The number of hydrogen-bond donors (Lipinski definition) is 1. The minimum absolute atomic E-state index is 0.210. The lowest BCUT2D eigenvalue weighted by Gasteiger charge is -2.28. The topological polar surface area (TPSA) is 66.6 Å². The Labute approximate surface area is 139 Å². The molecule has 6 heteroatoms. The number of benzene rings is 1. The van der Waals surface area contributed by atoms with Crippen LogP contribution in [0.1, 0.15) is 36.2 Å². The van der Waals surface area contributed by atoms with E-state index in [4.69, 9.17) is 16.0 Å². The minimum Gasteiger partial charge on any atom is -0.443 e. The second-order valence-corrected chi connectivity index (χ2v) is 6.51. The number of rotatable bonds is 4. The van der Waals surface area contributed by atoms with Crippen molar-refractivity contribution in [3.63, 3.8) is 0 Å². The van der Waals surface area contributed by atoms with Gasteiger partial charge in [0, 0.05) is 19.2 Å². The summed E-state index contributed by atoms with van der Waals surface area (Å²) < 4.78 is 5.39. The van der Waals surface area contributed by atoms with Crippen LogP contribution in [0, 0.1) is 0 Å². The number of oxazole rings is 1. The summed E-state index contributed by atoms with van der Waals surface area (Å²) in [5.74, 6) is 0.0693. The van der Waals surface area contributed by atoms with E-state index in [9.17, 15) is 9.90 Å². The molecule has 1 heterocycles. The molecule has 122 valence electrons. The molecule has 1 aliphatic carbocycles. The summed E-state index contributed by atoms with van der Waals surface area (Å²) in [6.07, 6.45) is 4.67. The van der Waals surface area contributed by atoms with Gasteiger partial charge in [-0.15, -0.1) is 0 Å². The van der Waals surface area contributed by atoms with E-state index in [1.165, 1.54) is 11.3 Å². The second kappa shape index (κ2) is 6.34. The molecule has 1 fully saturated rings. The first-order valence-electron chi connectivity index (χ1n) is 7.66. The maximum absolute atomic E-state index is 12.7. The molecule has 0 atom stereocenters. The largest absolute Gasteiger partial charge is 0.443 e. The maximum atomic E-state index is 12.7. The normalized spacial score (nSPS) is 16.5. The number of likely N-dealkylation sites (N-methyl/N-ethyl adjacent to an activating group) is 1. The van der Waals surface area contributed by atoms with E-state index in [-0.39, 0.29) is 11.6 Å². The van der Waals surface area contributed by atoms with Crippen LogP contribution in [0.15, 0.2) is 35.1 Å². The molecular formula is C17H19ClN2O3. The Hall–Kier alpha value is -1.85. The van der Waals surface area contributed by atoms with Gasteiger partial charge in [-0.1, -0.05) is 36.6 Å². The van der Waals surface area contributed by atoms with Gasteiger partial charge in [0.05, 0.1) is 10.6 Å². The summed E-state index contributed by atoms with van der Waals surface area (Å²) in [6, 6.07) is 7.15. The van der Waals surface area contributed by atoms with Gasteiger partial charge in [-0.3, -0.25) is 4.79 Å². The maximum Gasteiger partial charge on any atom is 0.276 e. The predicted molar refractivity (Wildman–Crippen MR) is 87.3 cm³/mol. The Kier molecular flexibility index (Phi) is 4.41. The van der Waals surface area contributed by atoms with E-state index in [2.05, 4.69) is 4.98 Å². The van der Waals surface area contributed by atoms with Crippen molar-refractivity contribution in [2.75, 3.05) is 13.6 Å². The molecular weight excluding hydrogens is 316 g/mol. The SMILES string of the molecule is CN(CC1(O)CCCC1)C(=O)c1ncoc1-c1ccccc1Cl. The average Bonchev–Trinajstić information content (AvgIpc) is 3.16. The third-order valence-electron chi connectivity index (χ3n) is 4.30. The highest BCUT2D eigenvalue weighted by atomic mass is 35.5. The number of carbonyl (C=O) groups excluding carboxylic acids is 1. The summed E-state index contributed by atoms with van der Waals surface area (Å²) >= 11 is 6.18. The Morgan fingerprint density at radius 1 is 1.39 bits per heavy atom. The predicted octanol–water partition coefficient (Wildman–Crippen LogP) is 3.37. The van der Waals surface area contributed by atoms with Gasteiger partial charge in [0.25, 0.3) is 5.91 Å². The highest BCUT2D eigenvalue weighted by molar-refractivity contribution is 6.33. The van der Waals surface area contributed by atoms with Crippen molar-refractivity contribution in [1.29, 1.82) is 0 Å². The number of aliphatic hydroxyl groups is 1. The lowest BCUT2D eigenvalue weighted by atomic mass is 10.0. The first kappa shape index (κ1) is 16.0. The van der Waals surface area contributed by atoms with Crippen molar-refractivity contribution in [3.05, 3.63) is 41.4 Å². The van der Waals surface area contributed by atoms with E-state index < -0.39 is 5.60 Å². The molecule has 1 aromatic carbocycles. The van der Waals surface area contributed by atoms with Crippen molar-refractivity contribution >= 4 is 17.5 Å². The van der Waals surface area contributed by atoms with Crippen molar-refractivity contribution in [2.45, 2.75) is 31.3 Å². The van der Waals surface area contributed by atoms with Crippen molar-refractivity contribution < 1.29 is 14.3 Å². The molecule has 1 aromatic heterocycles. The standard InChI is InChI=1S/C17H19ClN2O3/c1-20(10-17(22)8-4-5-9-17)16(21)14-15(23-11-19-14)12-6-2-3-7-13(12)18/h2-3,6-7,11,22H,4-5,8-10H2,1H3. The molecule has 1 amide bonds. The summed E-state index contributed by atoms with van der Waals surface area (Å²) in [4.78, 5) is 18.2. The van der Waals surface area contributed by atoms with E-state index in [0.29, 0.717) is 22.9 Å². The fourth-order valence-electron chi connectivity index (χ4n) is 3.12. The summed E-state index contributed by atoms with van der Waals surface area (Å²) in [5.41, 5.74) is 0.0452. The number of hydrogen-bond acceptors (Lipinski definition) is 4. The average molecular weight is 335 g/mol. The van der Waals surface area contributed by atoms with Gasteiger partial charge in [-0.25, -0.2) is 4.98 Å². The first-order chi connectivity index (χ1) is 11.0. The van der Waals surface area contributed by atoms with Crippen LogP contribution in [0.3, 0.4) is 0 Å². The molecule has 5 nitrogen and oxygen atoms in total. The van der Waals surface area contributed by atoms with E-state index in [1.54, 1.807) is 19.2 Å². The zero-order chi connectivity index (χ0) is 16.4. The van der Waals surface area contributed by atoms with Crippen molar-refractivity contribution in [3.8, 4) is 11.3 Å². The van der Waals surface area contributed by atoms with E-state index >= 15 is 0 Å². The van der Waals surface area contributed by atoms with Crippen LogP contribution in [0.2, 0.25) is 5.02 Å². The van der Waals surface area contributed by atoms with Crippen LogP contribution >= 0.6 is 11.6 Å². The molecule has 0 saturated heterocycles. The Morgan fingerprint density at radius 2 is 2.09 bits per heavy atom. The highest BCUT2D eigenvalue weighted by Crippen LogP contribution is 2.32. The number of aromatic nitrogens is 1. The molecule has 3 rings (SSSR count). The van der Waals surface area contributed by atoms with Gasteiger partial charge in [0.2, 0.25) is 0 Å². The van der Waals surface area contributed by atoms with Crippen LogP contribution < -0.4 is 0 Å². The molecule has 0 spiro atoms. The van der Waals surface area contributed by atoms with Gasteiger partial charge < -0.3 is 14.4 Å². The van der Waals surface area contributed by atoms with Crippen LogP contribution in [-0.4, -0.2) is 40.1 Å². The fraction of sp³-hybridized carbons (Fsp3) is 0.412. The fourth-order valence-corrected chi connectivity index (χ4v) is 3.34. The van der Waals surface area contributed by atoms with Gasteiger partial charge in [-0.2, -0.15) is 0 Å². The lowest BCUT2D eigenvalue weighted by Crippen LogP contribution is -2.42.